The number of rotatable bonds is 6. The van der Waals surface area contributed by atoms with E-state index >= 15 is 0 Å². The molecule has 0 bridgehead atoms. The van der Waals surface area contributed by atoms with Crippen LogP contribution in [-0.2, 0) is 16.1 Å². The van der Waals surface area contributed by atoms with Crippen molar-refractivity contribution < 1.29 is 23.5 Å². The summed E-state index contributed by atoms with van der Waals surface area (Å²) in [5, 5.41) is 11.4. The van der Waals surface area contributed by atoms with E-state index in [0.717, 1.165) is 12.1 Å². The van der Waals surface area contributed by atoms with Crippen molar-refractivity contribution in [2.24, 2.45) is 0 Å². The number of anilines is 1. The molecule has 0 unspecified atom stereocenters. The summed E-state index contributed by atoms with van der Waals surface area (Å²) in [5.74, 6) is -3.56. The third-order valence-electron chi connectivity index (χ3n) is 4.01. The van der Waals surface area contributed by atoms with Gasteiger partial charge in [-0.15, -0.1) is 0 Å². The van der Waals surface area contributed by atoms with Crippen LogP contribution in [0.3, 0.4) is 0 Å². The van der Waals surface area contributed by atoms with Crippen molar-refractivity contribution in [3.8, 4) is 0 Å². The van der Waals surface area contributed by atoms with Gasteiger partial charge >= 0.3 is 5.97 Å². The van der Waals surface area contributed by atoms with Gasteiger partial charge in [0.25, 0.3) is 5.56 Å². The average molecular weight is 387 g/mol. The van der Waals surface area contributed by atoms with E-state index in [9.17, 15) is 23.2 Å². The van der Waals surface area contributed by atoms with Gasteiger partial charge in [-0.1, -0.05) is 6.07 Å². The molecular weight excluding hydrogens is 372 g/mol. The molecule has 1 amide bonds. The van der Waals surface area contributed by atoms with Gasteiger partial charge in [0.05, 0.1) is 30.2 Å². The molecule has 0 atom stereocenters. The quantitative estimate of drug-likeness (QED) is 0.677. The minimum absolute atomic E-state index is 0.00578. The van der Waals surface area contributed by atoms with Crippen molar-refractivity contribution in [1.29, 1.82) is 0 Å². The fourth-order valence-electron chi connectivity index (χ4n) is 2.63. The van der Waals surface area contributed by atoms with Crippen LogP contribution in [0.1, 0.15) is 18.4 Å². The van der Waals surface area contributed by atoms with Crippen molar-refractivity contribution in [2.45, 2.75) is 19.4 Å². The fraction of sp³-hybridized carbons (Fsp3) is 0.158. The minimum Gasteiger partial charge on any atom is -0.481 e. The molecule has 0 radical (unpaired) electrons. The first kappa shape index (κ1) is 19.2. The summed E-state index contributed by atoms with van der Waals surface area (Å²) in [6.45, 7) is -0.00578. The monoisotopic (exact) mass is 387 g/mol. The number of nitrogens with zero attached hydrogens (tertiary/aromatic N) is 2. The number of hydrogen-bond donors (Lipinski definition) is 2. The summed E-state index contributed by atoms with van der Waals surface area (Å²) in [6.07, 6.45) is 0.805. The van der Waals surface area contributed by atoms with Crippen LogP contribution >= 0.6 is 0 Å². The van der Waals surface area contributed by atoms with Gasteiger partial charge in [0.2, 0.25) is 5.91 Å². The lowest BCUT2D eigenvalue weighted by atomic mass is 10.2. The van der Waals surface area contributed by atoms with E-state index < -0.39 is 29.1 Å². The standard InChI is InChI=1S/C19H15F2N3O4/c20-14-3-1-11(7-15(14)21)9-24-10-22-16-4-2-12(8-13(16)19(24)28)23-17(25)5-6-18(26)27/h1-4,7-8,10H,5-6,9H2,(H,23,25)(H,26,27). The first-order valence-corrected chi connectivity index (χ1v) is 8.28. The third-order valence-corrected chi connectivity index (χ3v) is 4.01. The number of hydrogen-bond acceptors (Lipinski definition) is 4. The van der Waals surface area contributed by atoms with Gasteiger partial charge in [0.15, 0.2) is 11.6 Å². The number of amides is 1. The number of halogens is 2. The van der Waals surface area contributed by atoms with Crippen LogP contribution in [0.2, 0.25) is 0 Å². The Morgan fingerprint density at radius 3 is 2.57 bits per heavy atom. The number of carboxylic acid groups (broad SMARTS) is 1. The molecule has 7 nitrogen and oxygen atoms in total. The molecule has 0 saturated heterocycles. The summed E-state index contributed by atoms with van der Waals surface area (Å²) >= 11 is 0. The van der Waals surface area contributed by atoms with E-state index in [1.807, 2.05) is 0 Å². The Morgan fingerprint density at radius 1 is 1.07 bits per heavy atom. The molecule has 3 rings (SSSR count). The van der Waals surface area contributed by atoms with Crippen LogP contribution in [-0.4, -0.2) is 26.5 Å². The topological polar surface area (TPSA) is 101 Å². The number of carbonyl (C=O) groups is 2. The molecule has 0 aliphatic heterocycles. The Labute approximate surface area is 157 Å². The van der Waals surface area contributed by atoms with Crippen LogP contribution in [0.5, 0.6) is 0 Å². The molecule has 144 valence electrons. The van der Waals surface area contributed by atoms with Crippen LogP contribution in [0.4, 0.5) is 14.5 Å². The van der Waals surface area contributed by atoms with Crippen molar-refractivity contribution in [2.75, 3.05) is 5.32 Å². The number of nitrogens with one attached hydrogen (secondary N) is 1. The van der Waals surface area contributed by atoms with Gasteiger partial charge in [-0.05, 0) is 35.9 Å². The molecule has 0 aliphatic carbocycles. The van der Waals surface area contributed by atoms with E-state index in [4.69, 9.17) is 5.11 Å². The van der Waals surface area contributed by atoms with E-state index in [1.54, 1.807) is 12.1 Å². The second kappa shape index (κ2) is 7.95. The molecule has 0 fully saturated rings. The predicted molar refractivity (Wildman–Crippen MR) is 97.0 cm³/mol. The maximum absolute atomic E-state index is 13.4. The van der Waals surface area contributed by atoms with E-state index in [0.29, 0.717) is 16.8 Å². The summed E-state index contributed by atoms with van der Waals surface area (Å²) in [6, 6.07) is 7.89. The molecule has 0 saturated carbocycles. The molecule has 3 aromatic rings. The summed E-state index contributed by atoms with van der Waals surface area (Å²) < 4.78 is 27.7. The highest BCUT2D eigenvalue weighted by Crippen LogP contribution is 2.16. The Kier molecular flexibility index (Phi) is 5.44. The number of aliphatic carboxylic acids is 1. The SMILES string of the molecule is O=C(O)CCC(=O)Nc1ccc2ncn(Cc3ccc(F)c(F)c3)c(=O)c2c1. The Bertz CT molecular complexity index is 1130. The molecule has 0 aliphatic rings. The molecule has 2 N–H and O–H groups in total. The van der Waals surface area contributed by atoms with Crippen LogP contribution in [0, 0.1) is 11.6 Å². The molecular formula is C19H15F2N3O4. The zero-order valence-electron chi connectivity index (χ0n) is 14.5. The zero-order chi connectivity index (χ0) is 20.3. The number of carbonyl (C=O) groups excluding carboxylic acids is 1. The zero-order valence-corrected chi connectivity index (χ0v) is 14.5. The predicted octanol–water partition coefficient (Wildman–Crippen LogP) is 2.53. The lowest BCUT2D eigenvalue weighted by Crippen LogP contribution is -2.21. The lowest BCUT2D eigenvalue weighted by Gasteiger charge is -2.09. The summed E-state index contributed by atoms with van der Waals surface area (Å²) in [4.78, 5) is 39.2. The van der Waals surface area contributed by atoms with E-state index in [-0.39, 0.29) is 24.8 Å². The van der Waals surface area contributed by atoms with Gasteiger partial charge in [0.1, 0.15) is 0 Å². The second-order valence-corrected chi connectivity index (χ2v) is 6.10. The Morgan fingerprint density at radius 2 is 1.86 bits per heavy atom. The molecule has 1 aromatic heterocycles. The lowest BCUT2D eigenvalue weighted by molar-refractivity contribution is -0.138. The van der Waals surface area contributed by atoms with Crippen LogP contribution in [0.25, 0.3) is 10.9 Å². The minimum atomic E-state index is -1.09. The van der Waals surface area contributed by atoms with Crippen LogP contribution < -0.4 is 10.9 Å². The van der Waals surface area contributed by atoms with E-state index in [2.05, 4.69) is 10.3 Å². The first-order valence-electron chi connectivity index (χ1n) is 8.28. The van der Waals surface area contributed by atoms with Crippen LogP contribution in [0.15, 0.2) is 47.5 Å². The molecule has 0 spiro atoms. The van der Waals surface area contributed by atoms with Crippen molar-refractivity contribution in [3.63, 3.8) is 0 Å². The Hall–Kier alpha value is -3.62. The highest BCUT2D eigenvalue weighted by atomic mass is 19.2. The molecule has 1 heterocycles. The molecule has 2 aromatic carbocycles. The highest BCUT2D eigenvalue weighted by molar-refractivity contribution is 5.94. The van der Waals surface area contributed by atoms with Crippen molar-refractivity contribution in [3.05, 3.63) is 70.3 Å². The van der Waals surface area contributed by atoms with Gasteiger partial charge in [0, 0.05) is 12.1 Å². The maximum Gasteiger partial charge on any atom is 0.303 e. The smallest absolute Gasteiger partial charge is 0.303 e. The van der Waals surface area contributed by atoms with Gasteiger partial charge < -0.3 is 10.4 Å². The van der Waals surface area contributed by atoms with E-state index in [1.165, 1.54) is 23.0 Å². The number of aromatic nitrogens is 2. The molecule has 28 heavy (non-hydrogen) atoms. The normalized spacial score (nSPS) is 10.8. The van der Waals surface area contributed by atoms with Gasteiger partial charge in [-0.25, -0.2) is 13.8 Å². The van der Waals surface area contributed by atoms with Gasteiger partial charge in [-0.2, -0.15) is 0 Å². The maximum atomic E-state index is 13.4. The second-order valence-electron chi connectivity index (χ2n) is 6.10. The molecule has 9 heteroatoms. The van der Waals surface area contributed by atoms with Crippen molar-refractivity contribution >= 4 is 28.5 Å². The van der Waals surface area contributed by atoms with Gasteiger partial charge in [-0.3, -0.25) is 19.0 Å². The van der Waals surface area contributed by atoms with Crippen molar-refractivity contribution in [1.82, 2.24) is 9.55 Å². The summed E-state index contributed by atoms with van der Waals surface area (Å²) in [5.41, 5.74) is 0.694. The first-order chi connectivity index (χ1) is 13.3. The third kappa shape index (κ3) is 4.37. The highest BCUT2D eigenvalue weighted by Gasteiger charge is 2.10. The number of carboxylic acids is 1. The Balaban J connectivity index is 1.87. The number of fused-ring (bicyclic) bond motifs is 1. The number of benzene rings is 2. The fourth-order valence-corrected chi connectivity index (χ4v) is 2.63. The average Bonchev–Trinajstić information content (AvgIpc) is 2.65. The largest absolute Gasteiger partial charge is 0.481 e. The summed E-state index contributed by atoms with van der Waals surface area (Å²) in [7, 11) is 0.